The van der Waals surface area contributed by atoms with Crippen molar-refractivity contribution in [3.63, 3.8) is 0 Å². The van der Waals surface area contributed by atoms with Gasteiger partial charge in [0.1, 0.15) is 0 Å². The highest BCUT2D eigenvalue weighted by atomic mass is 35.5. The number of nitrogens with one attached hydrogen (secondary N) is 1. The molecule has 118 valence electrons. The van der Waals surface area contributed by atoms with E-state index in [1.165, 1.54) is 5.56 Å². The molecule has 0 aliphatic rings. The van der Waals surface area contributed by atoms with Gasteiger partial charge in [-0.3, -0.25) is 4.98 Å². The molecule has 0 aliphatic carbocycles. The lowest BCUT2D eigenvalue weighted by Gasteiger charge is -2.02. The first-order valence-electron chi connectivity index (χ1n) is 7.57. The zero-order valence-electron chi connectivity index (χ0n) is 12.7. The molecule has 5 heteroatoms. The summed E-state index contributed by atoms with van der Waals surface area (Å²) in [5.41, 5.74) is 4.48. The molecular formula is C19H14ClN3S. The van der Waals surface area contributed by atoms with E-state index in [9.17, 15) is 0 Å². The van der Waals surface area contributed by atoms with Crippen molar-refractivity contribution < 1.29 is 0 Å². The fraction of sp³-hybridized carbons (Fsp3) is 0.0526. The second-order valence-electron chi connectivity index (χ2n) is 5.42. The predicted octanol–water partition coefficient (Wildman–Crippen LogP) is 5.62. The number of fused-ring (bicyclic) bond motifs is 1. The lowest BCUT2D eigenvalue weighted by molar-refractivity contribution is 1.14. The molecule has 0 bridgehead atoms. The van der Waals surface area contributed by atoms with Crippen LogP contribution in [0.25, 0.3) is 21.3 Å². The maximum atomic E-state index is 6.02. The van der Waals surface area contributed by atoms with Crippen LogP contribution in [0.3, 0.4) is 0 Å². The minimum atomic E-state index is 0.706. The van der Waals surface area contributed by atoms with Crippen molar-refractivity contribution in [3.8, 4) is 11.1 Å². The number of aromatic nitrogens is 2. The summed E-state index contributed by atoms with van der Waals surface area (Å²) >= 11 is 7.68. The Bertz CT molecular complexity index is 982. The van der Waals surface area contributed by atoms with Crippen LogP contribution in [0.2, 0.25) is 5.02 Å². The summed E-state index contributed by atoms with van der Waals surface area (Å²) < 4.78 is 1.16. The molecule has 3 nitrogen and oxygen atoms in total. The SMILES string of the molecule is Clc1cccc(CNc2nc3ccc(-c4ccncc4)cc3s2)c1. The van der Waals surface area contributed by atoms with Gasteiger partial charge < -0.3 is 5.32 Å². The fourth-order valence-electron chi connectivity index (χ4n) is 2.55. The first kappa shape index (κ1) is 15.1. The molecule has 0 saturated heterocycles. The number of nitrogens with zero attached hydrogens (tertiary/aromatic N) is 2. The summed E-state index contributed by atoms with van der Waals surface area (Å²) in [5, 5.41) is 5.04. The molecule has 0 amide bonds. The number of thiazole rings is 1. The van der Waals surface area contributed by atoms with E-state index in [-0.39, 0.29) is 0 Å². The summed E-state index contributed by atoms with van der Waals surface area (Å²) in [7, 11) is 0. The van der Waals surface area contributed by atoms with Crippen LogP contribution >= 0.6 is 22.9 Å². The quantitative estimate of drug-likeness (QED) is 0.518. The highest BCUT2D eigenvalue weighted by molar-refractivity contribution is 7.22. The van der Waals surface area contributed by atoms with Gasteiger partial charge in [0.05, 0.1) is 10.2 Å². The van der Waals surface area contributed by atoms with Gasteiger partial charge in [0.15, 0.2) is 5.13 Å². The monoisotopic (exact) mass is 351 g/mol. The van der Waals surface area contributed by atoms with Crippen molar-refractivity contribution in [2.45, 2.75) is 6.54 Å². The Balaban J connectivity index is 1.57. The van der Waals surface area contributed by atoms with Gasteiger partial charge in [-0.25, -0.2) is 4.98 Å². The van der Waals surface area contributed by atoms with E-state index in [0.29, 0.717) is 6.54 Å². The van der Waals surface area contributed by atoms with Crippen LogP contribution in [0.4, 0.5) is 5.13 Å². The highest BCUT2D eigenvalue weighted by Crippen LogP contribution is 2.30. The van der Waals surface area contributed by atoms with E-state index in [2.05, 4.69) is 33.5 Å². The summed E-state index contributed by atoms with van der Waals surface area (Å²) in [5.74, 6) is 0. The molecule has 2 heterocycles. The van der Waals surface area contributed by atoms with Gasteiger partial charge in [0, 0.05) is 24.0 Å². The molecule has 4 rings (SSSR count). The van der Waals surface area contributed by atoms with Crippen LogP contribution in [0, 0.1) is 0 Å². The Hall–Kier alpha value is -2.43. The average Bonchev–Trinajstić information content (AvgIpc) is 3.03. The molecule has 0 radical (unpaired) electrons. The maximum absolute atomic E-state index is 6.02. The first-order valence-corrected chi connectivity index (χ1v) is 8.77. The smallest absolute Gasteiger partial charge is 0.184 e. The van der Waals surface area contributed by atoms with Gasteiger partial charge in [0.25, 0.3) is 0 Å². The molecule has 2 aromatic carbocycles. The number of pyridine rings is 1. The normalized spacial score (nSPS) is 10.9. The largest absolute Gasteiger partial charge is 0.357 e. The van der Waals surface area contributed by atoms with Gasteiger partial charge in [-0.2, -0.15) is 0 Å². The molecule has 0 atom stereocenters. The van der Waals surface area contributed by atoms with Crippen molar-refractivity contribution in [1.82, 2.24) is 9.97 Å². The second kappa shape index (κ2) is 6.59. The molecule has 0 unspecified atom stereocenters. The highest BCUT2D eigenvalue weighted by Gasteiger charge is 2.06. The first-order chi connectivity index (χ1) is 11.8. The molecule has 0 saturated carbocycles. The Morgan fingerprint density at radius 3 is 2.67 bits per heavy atom. The summed E-state index contributed by atoms with van der Waals surface area (Å²) in [6, 6.07) is 18.2. The number of hydrogen-bond acceptors (Lipinski definition) is 4. The molecule has 1 N–H and O–H groups in total. The molecule has 0 fully saturated rings. The van der Waals surface area contributed by atoms with Gasteiger partial charge in [-0.1, -0.05) is 41.1 Å². The topological polar surface area (TPSA) is 37.8 Å². The Morgan fingerprint density at radius 1 is 0.958 bits per heavy atom. The number of rotatable bonds is 4. The molecule has 2 aromatic heterocycles. The Labute approximate surface area is 149 Å². The summed E-state index contributed by atoms with van der Waals surface area (Å²) in [4.78, 5) is 8.71. The van der Waals surface area contributed by atoms with Crippen LogP contribution in [0.15, 0.2) is 67.0 Å². The maximum Gasteiger partial charge on any atom is 0.184 e. The lowest BCUT2D eigenvalue weighted by Crippen LogP contribution is -1.98. The van der Waals surface area contributed by atoms with Crippen molar-refractivity contribution in [3.05, 3.63) is 77.6 Å². The zero-order valence-corrected chi connectivity index (χ0v) is 14.3. The van der Waals surface area contributed by atoms with Crippen molar-refractivity contribution in [2.24, 2.45) is 0 Å². The Morgan fingerprint density at radius 2 is 1.83 bits per heavy atom. The van der Waals surface area contributed by atoms with E-state index in [1.54, 1.807) is 11.3 Å². The Kier molecular flexibility index (Phi) is 4.15. The van der Waals surface area contributed by atoms with Crippen molar-refractivity contribution >= 4 is 38.3 Å². The number of anilines is 1. The van der Waals surface area contributed by atoms with E-state index in [1.807, 2.05) is 48.8 Å². The number of benzene rings is 2. The second-order valence-corrected chi connectivity index (χ2v) is 6.89. The number of halogens is 1. The minimum Gasteiger partial charge on any atom is -0.357 e. The van der Waals surface area contributed by atoms with E-state index < -0.39 is 0 Å². The molecule has 0 aliphatic heterocycles. The van der Waals surface area contributed by atoms with Crippen LogP contribution in [0.1, 0.15) is 5.56 Å². The van der Waals surface area contributed by atoms with Gasteiger partial charge in [-0.15, -0.1) is 0 Å². The third-order valence-corrected chi connectivity index (χ3v) is 4.95. The van der Waals surface area contributed by atoms with E-state index in [0.717, 1.165) is 31.5 Å². The van der Waals surface area contributed by atoms with Crippen LogP contribution in [0.5, 0.6) is 0 Å². The van der Waals surface area contributed by atoms with Crippen molar-refractivity contribution in [1.29, 1.82) is 0 Å². The fourth-order valence-corrected chi connectivity index (χ4v) is 3.66. The van der Waals surface area contributed by atoms with Crippen LogP contribution in [-0.4, -0.2) is 9.97 Å². The standard InChI is InChI=1S/C19H14ClN3S/c20-16-3-1-2-13(10-16)12-22-19-23-17-5-4-15(11-18(17)24-19)14-6-8-21-9-7-14/h1-11H,12H2,(H,22,23). The van der Waals surface area contributed by atoms with Gasteiger partial charge in [0.2, 0.25) is 0 Å². The van der Waals surface area contributed by atoms with Gasteiger partial charge in [-0.05, 0) is 53.1 Å². The summed E-state index contributed by atoms with van der Waals surface area (Å²) in [6.45, 7) is 0.706. The zero-order chi connectivity index (χ0) is 16.4. The van der Waals surface area contributed by atoms with Crippen LogP contribution in [-0.2, 0) is 6.54 Å². The van der Waals surface area contributed by atoms with E-state index in [4.69, 9.17) is 11.6 Å². The number of hydrogen-bond donors (Lipinski definition) is 1. The molecule has 0 spiro atoms. The van der Waals surface area contributed by atoms with Crippen molar-refractivity contribution in [2.75, 3.05) is 5.32 Å². The average molecular weight is 352 g/mol. The van der Waals surface area contributed by atoms with Gasteiger partial charge >= 0.3 is 0 Å². The molecular weight excluding hydrogens is 338 g/mol. The lowest BCUT2D eigenvalue weighted by atomic mass is 10.1. The van der Waals surface area contributed by atoms with Crippen LogP contribution < -0.4 is 5.32 Å². The molecule has 4 aromatic rings. The summed E-state index contributed by atoms with van der Waals surface area (Å²) in [6.07, 6.45) is 3.62. The van der Waals surface area contributed by atoms with E-state index >= 15 is 0 Å². The third-order valence-electron chi connectivity index (χ3n) is 3.73. The minimum absolute atomic E-state index is 0.706. The predicted molar refractivity (Wildman–Crippen MR) is 102 cm³/mol. The molecule has 24 heavy (non-hydrogen) atoms. The third kappa shape index (κ3) is 3.25.